The zero-order valence-corrected chi connectivity index (χ0v) is 11.8. The summed E-state index contributed by atoms with van der Waals surface area (Å²) >= 11 is 0. The Labute approximate surface area is 112 Å². The summed E-state index contributed by atoms with van der Waals surface area (Å²) < 4.78 is 5.18. The van der Waals surface area contributed by atoms with E-state index < -0.39 is 17.3 Å². The fraction of sp³-hybridized carbons (Fsp3) is 0.429. The first-order valence-corrected chi connectivity index (χ1v) is 5.90. The minimum atomic E-state index is -1.47. The largest absolute Gasteiger partial charge is 0.496 e. The fourth-order valence-electron chi connectivity index (χ4n) is 1.53. The van der Waals surface area contributed by atoms with Gasteiger partial charge in [0.2, 0.25) is 5.91 Å². The maximum Gasteiger partial charge on any atom is 0.318 e. The number of carboxylic acids is 1. The van der Waals surface area contributed by atoms with Gasteiger partial charge in [-0.05, 0) is 51.0 Å². The molecule has 0 aliphatic carbocycles. The van der Waals surface area contributed by atoms with Gasteiger partial charge in [-0.2, -0.15) is 0 Å². The molecule has 0 saturated carbocycles. The van der Waals surface area contributed by atoms with E-state index in [9.17, 15) is 9.59 Å². The van der Waals surface area contributed by atoms with Gasteiger partial charge in [0.15, 0.2) is 0 Å². The third-order valence-corrected chi connectivity index (χ3v) is 3.31. The Morgan fingerprint density at radius 1 is 1.21 bits per heavy atom. The number of amides is 1. The lowest BCUT2D eigenvalue weighted by Gasteiger charge is -2.20. The van der Waals surface area contributed by atoms with Crippen molar-refractivity contribution in [2.75, 3.05) is 12.4 Å². The Bertz CT molecular complexity index is 520. The van der Waals surface area contributed by atoms with E-state index in [0.717, 1.165) is 16.9 Å². The zero-order valence-electron chi connectivity index (χ0n) is 11.8. The van der Waals surface area contributed by atoms with Crippen molar-refractivity contribution < 1.29 is 19.4 Å². The number of nitrogens with one attached hydrogen (secondary N) is 1. The molecule has 0 saturated heterocycles. The van der Waals surface area contributed by atoms with Crippen molar-refractivity contribution in [2.24, 2.45) is 5.41 Å². The van der Waals surface area contributed by atoms with E-state index in [1.54, 1.807) is 19.2 Å². The summed E-state index contributed by atoms with van der Waals surface area (Å²) in [4.78, 5) is 23.0. The van der Waals surface area contributed by atoms with E-state index in [2.05, 4.69) is 5.32 Å². The lowest BCUT2D eigenvalue weighted by atomic mass is 9.92. The SMILES string of the molecule is COc1ccc(NC(=O)C(C)(C)C(=O)O)c(C)c1C. The van der Waals surface area contributed by atoms with Crippen molar-refractivity contribution in [3.63, 3.8) is 0 Å². The molecular formula is C14H19NO4. The molecule has 104 valence electrons. The van der Waals surface area contributed by atoms with Crippen molar-refractivity contribution >= 4 is 17.6 Å². The summed E-state index contributed by atoms with van der Waals surface area (Å²) in [6, 6.07) is 3.45. The number of aliphatic carboxylic acids is 1. The molecule has 5 nitrogen and oxygen atoms in total. The van der Waals surface area contributed by atoms with Gasteiger partial charge in [0.05, 0.1) is 7.11 Å². The van der Waals surface area contributed by atoms with Crippen LogP contribution in [0.25, 0.3) is 0 Å². The van der Waals surface area contributed by atoms with Crippen molar-refractivity contribution in [1.29, 1.82) is 0 Å². The molecule has 0 bridgehead atoms. The molecule has 0 heterocycles. The first-order chi connectivity index (χ1) is 8.71. The summed E-state index contributed by atoms with van der Waals surface area (Å²) in [5, 5.41) is 11.7. The molecule has 0 spiro atoms. The number of carboxylic acid groups (broad SMARTS) is 1. The van der Waals surface area contributed by atoms with Gasteiger partial charge in [0.1, 0.15) is 11.2 Å². The molecule has 0 fully saturated rings. The van der Waals surface area contributed by atoms with Gasteiger partial charge >= 0.3 is 5.97 Å². The monoisotopic (exact) mass is 265 g/mol. The van der Waals surface area contributed by atoms with E-state index in [4.69, 9.17) is 9.84 Å². The molecule has 0 aromatic heterocycles. The number of ether oxygens (including phenoxy) is 1. The summed E-state index contributed by atoms with van der Waals surface area (Å²) in [6.45, 7) is 6.47. The Kier molecular flexibility index (Phi) is 4.19. The van der Waals surface area contributed by atoms with E-state index >= 15 is 0 Å². The van der Waals surface area contributed by atoms with Gasteiger partial charge in [-0.3, -0.25) is 9.59 Å². The summed E-state index contributed by atoms with van der Waals surface area (Å²) in [7, 11) is 1.58. The second-order valence-electron chi connectivity index (χ2n) is 4.95. The lowest BCUT2D eigenvalue weighted by Crippen LogP contribution is -2.38. The molecule has 1 aromatic carbocycles. The Hall–Kier alpha value is -2.04. The number of carbonyl (C=O) groups is 2. The zero-order chi connectivity index (χ0) is 14.8. The highest BCUT2D eigenvalue weighted by Gasteiger charge is 2.36. The van der Waals surface area contributed by atoms with Crippen LogP contribution in [0.4, 0.5) is 5.69 Å². The molecule has 0 atom stereocenters. The van der Waals surface area contributed by atoms with Gasteiger partial charge in [-0.1, -0.05) is 0 Å². The molecule has 1 rings (SSSR count). The van der Waals surface area contributed by atoms with E-state index in [1.807, 2.05) is 13.8 Å². The number of anilines is 1. The highest BCUT2D eigenvalue weighted by Crippen LogP contribution is 2.28. The third kappa shape index (κ3) is 2.86. The molecule has 2 N–H and O–H groups in total. The number of hydrogen-bond donors (Lipinski definition) is 2. The Morgan fingerprint density at radius 3 is 2.26 bits per heavy atom. The van der Waals surface area contributed by atoms with E-state index in [-0.39, 0.29) is 0 Å². The maximum absolute atomic E-state index is 12.0. The molecular weight excluding hydrogens is 246 g/mol. The lowest BCUT2D eigenvalue weighted by molar-refractivity contribution is -0.151. The number of hydrogen-bond acceptors (Lipinski definition) is 3. The molecule has 19 heavy (non-hydrogen) atoms. The molecule has 1 aromatic rings. The van der Waals surface area contributed by atoms with Gasteiger partial charge in [-0.25, -0.2) is 0 Å². The normalized spacial score (nSPS) is 11.0. The quantitative estimate of drug-likeness (QED) is 0.819. The van der Waals surface area contributed by atoms with Crippen molar-refractivity contribution in [2.45, 2.75) is 27.7 Å². The first kappa shape index (κ1) is 15.0. The molecule has 0 aliphatic rings. The van der Waals surface area contributed by atoms with Gasteiger partial charge < -0.3 is 15.2 Å². The standard InChI is InChI=1S/C14H19NO4/c1-8-9(2)11(19-5)7-6-10(8)15-12(16)14(3,4)13(17)18/h6-7H,1-5H3,(H,15,16)(H,17,18). The number of methoxy groups -OCH3 is 1. The predicted octanol–water partition coefficient (Wildman–Crippen LogP) is 2.36. The van der Waals surface area contributed by atoms with Crippen LogP contribution in [0.3, 0.4) is 0 Å². The van der Waals surface area contributed by atoms with Crippen molar-refractivity contribution in [1.82, 2.24) is 0 Å². The minimum Gasteiger partial charge on any atom is -0.496 e. The van der Waals surface area contributed by atoms with Crippen LogP contribution in [-0.2, 0) is 9.59 Å². The van der Waals surface area contributed by atoms with E-state index in [0.29, 0.717) is 5.69 Å². The maximum atomic E-state index is 12.0. The van der Waals surface area contributed by atoms with Crippen LogP contribution >= 0.6 is 0 Å². The van der Waals surface area contributed by atoms with Crippen LogP contribution in [0.15, 0.2) is 12.1 Å². The highest BCUT2D eigenvalue weighted by molar-refractivity contribution is 6.07. The number of benzene rings is 1. The van der Waals surface area contributed by atoms with E-state index in [1.165, 1.54) is 13.8 Å². The number of rotatable bonds is 4. The van der Waals surface area contributed by atoms with Crippen LogP contribution in [0.2, 0.25) is 0 Å². The van der Waals surface area contributed by atoms with Gasteiger partial charge in [0.25, 0.3) is 0 Å². The smallest absolute Gasteiger partial charge is 0.318 e. The van der Waals surface area contributed by atoms with Crippen molar-refractivity contribution in [3.05, 3.63) is 23.3 Å². The summed E-state index contributed by atoms with van der Waals surface area (Å²) in [5.41, 5.74) is 0.889. The molecule has 0 radical (unpaired) electrons. The molecule has 1 amide bonds. The first-order valence-electron chi connectivity index (χ1n) is 5.90. The summed E-state index contributed by atoms with van der Waals surface area (Å²) in [5.74, 6) is -0.978. The van der Waals surface area contributed by atoms with Crippen LogP contribution in [0.5, 0.6) is 5.75 Å². The number of carbonyl (C=O) groups excluding carboxylic acids is 1. The summed E-state index contributed by atoms with van der Waals surface area (Å²) in [6.07, 6.45) is 0. The Balaban J connectivity index is 3.05. The van der Waals surface area contributed by atoms with Crippen LogP contribution in [0.1, 0.15) is 25.0 Å². The second-order valence-corrected chi connectivity index (χ2v) is 4.95. The Morgan fingerprint density at radius 2 is 1.79 bits per heavy atom. The van der Waals surface area contributed by atoms with Gasteiger partial charge in [-0.15, -0.1) is 0 Å². The minimum absolute atomic E-state index is 0.548. The van der Waals surface area contributed by atoms with Crippen LogP contribution < -0.4 is 10.1 Å². The molecule has 0 aliphatic heterocycles. The average Bonchev–Trinajstić information content (AvgIpc) is 2.34. The predicted molar refractivity (Wildman–Crippen MR) is 72.5 cm³/mol. The topological polar surface area (TPSA) is 75.6 Å². The fourth-order valence-corrected chi connectivity index (χ4v) is 1.53. The molecule has 0 unspecified atom stereocenters. The second kappa shape index (κ2) is 5.30. The third-order valence-electron chi connectivity index (χ3n) is 3.31. The average molecular weight is 265 g/mol. The van der Waals surface area contributed by atoms with Crippen LogP contribution in [0, 0.1) is 19.3 Å². The van der Waals surface area contributed by atoms with Crippen molar-refractivity contribution in [3.8, 4) is 5.75 Å². The van der Waals surface area contributed by atoms with Gasteiger partial charge in [0, 0.05) is 5.69 Å². The molecule has 5 heteroatoms. The highest BCUT2D eigenvalue weighted by atomic mass is 16.5. The van der Waals surface area contributed by atoms with Crippen LogP contribution in [-0.4, -0.2) is 24.1 Å².